The molecule has 5 heteroatoms. The van der Waals surface area contributed by atoms with Crippen LogP contribution in [0.2, 0.25) is 0 Å². The van der Waals surface area contributed by atoms with Crippen LogP contribution in [0.3, 0.4) is 0 Å². The number of rotatable bonds is 4. The third-order valence-electron chi connectivity index (χ3n) is 3.31. The second-order valence-corrected chi connectivity index (χ2v) is 6.51. The zero-order valence-electron chi connectivity index (χ0n) is 11.1. The minimum atomic E-state index is 0.404. The number of hydrogen-bond donors (Lipinski definition) is 0. The van der Waals surface area contributed by atoms with Gasteiger partial charge in [-0.2, -0.15) is 0 Å². The molecule has 0 N–H and O–H groups in total. The van der Waals surface area contributed by atoms with Crippen molar-refractivity contribution >= 4 is 38.1 Å². The summed E-state index contributed by atoms with van der Waals surface area (Å²) in [4.78, 5) is 10.9. The fraction of sp³-hybridized carbons (Fsp3) is 0.188. The van der Waals surface area contributed by atoms with Gasteiger partial charge in [0.15, 0.2) is 6.29 Å². The van der Waals surface area contributed by atoms with Crippen molar-refractivity contribution in [1.82, 2.24) is 0 Å². The maximum Gasteiger partial charge on any atom is 0.151 e. The van der Waals surface area contributed by atoms with Crippen molar-refractivity contribution in [2.24, 2.45) is 0 Å². The number of carbonyl (C=O) groups is 1. The quantitative estimate of drug-likeness (QED) is 0.693. The van der Waals surface area contributed by atoms with Gasteiger partial charge in [0, 0.05) is 26.5 Å². The minimum Gasteiger partial charge on any atom is -0.493 e. The van der Waals surface area contributed by atoms with E-state index >= 15 is 0 Å². The van der Waals surface area contributed by atoms with Gasteiger partial charge in [-0.15, -0.1) is 0 Å². The van der Waals surface area contributed by atoms with Crippen molar-refractivity contribution in [3.05, 3.63) is 56.0 Å². The van der Waals surface area contributed by atoms with Crippen LogP contribution in [0.25, 0.3) is 0 Å². The third kappa shape index (κ3) is 3.14. The van der Waals surface area contributed by atoms with E-state index in [9.17, 15) is 4.79 Å². The van der Waals surface area contributed by atoms with Gasteiger partial charge in [0.2, 0.25) is 0 Å². The maximum atomic E-state index is 10.9. The van der Waals surface area contributed by atoms with Crippen LogP contribution in [0.15, 0.2) is 39.3 Å². The van der Waals surface area contributed by atoms with Crippen molar-refractivity contribution < 1.29 is 14.3 Å². The molecular formula is C16H12Br2O3. The molecule has 0 aromatic heterocycles. The molecule has 2 aromatic carbocycles. The van der Waals surface area contributed by atoms with E-state index in [2.05, 4.69) is 37.9 Å². The van der Waals surface area contributed by atoms with Crippen LogP contribution >= 0.6 is 31.9 Å². The summed E-state index contributed by atoms with van der Waals surface area (Å²) in [7, 11) is 0. The molecule has 0 radical (unpaired) electrons. The van der Waals surface area contributed by atoms with Crippen LogP contribution in [-0.2, 0) is 13.0 Å². The van der Waals surface area contributed by atoms with Gasteiger partial charge in [0.25, 0.3) is 0 Å². The predicted octanol–water partition coefficient (Wildman–Crippen LogP) is 4.54. The summed E-state index contributed by atoms with van der Waals surface area (Å²) in [5.41, 5.74) is 2.78. The molecule has 0 saturated carbocycles. The Labute approximate surface area is 139 Å². The lowest BCUT2D eigenvalue weighted by Crippen LogP contribution is -1.99. The van der Waals surface area contributed by atoms with Gasteiger partial charge in [0.1, 0.15) is 18.1 Å². The lowest BCUT2D eigenvalue weighted by molar-refractivity contribution is 0.112. The van der Waals surface area contributed by atoms with E-state index in [-0.39, 0.29) is 0 Å². The Balaban J connectivity index is 1.81. The zero-order valence-corrected chi connectivity index (χ0v) is 14.2. The van der Waals surface area contributed by atoms with E-state index in [1.54, 1.807) is 12.1 Å². The van der Waals surface area contributed by atoms with Gasteiger partial charge in [0.05, 0.1) is 6.61 Å². The molecule has 0 spiro atoms. The number of ether oxygens (including phenoxy) is 2. The SMILES string of the molecule is O=Cc1cc(OCc2cc(Br)cc3c2OCC3)ccc1Br. The first-order chi connectivity index (χ1) is 10.2. The summed E-state index contributed by atoms with van der Waals surface area (Å²) < 4.78 is 13.2. The third-order valence-corrected chi connectivity index (χ3v) is 4.49. The molecule has 0 aliphatic carbocycles. The summed E-state index contributed by atoms with van der Waals surface area (Å²) >= 11 is 6.83. The zero-order chi connectivity index (χ0) is 14.8. The van der Waals surface area contributed by atoms with E-state index in [1.807, 2.05) is 12.1 Å². The van der Waals surface area contributed by atoms with Gasteiger partial charge in [-0.25, -0.2) is 0 Å². The van der Waals surface area contributed by atoms with Crippen LogP contribution in [0.5, 0.6) is 11.5 Å². The molecule has 3 rings (SSSR count). The highest BCUT2D eigenvalue weighted by atomic mass is 79.9. The standard InChI is InChI=1S/C16H12Br2O3/c17-13-5-10-3-4-20-16(10)12(6-13)9-21-14-1-2-15(18)11(7-14)8-19/h1-2,5-8H,3-4,9H2. The van der Waals surface area contributed by atoms with E-state index in [0.29, 0.717) is 24.5 Å². The van der Waals surface area contributed by atoms with E-state index in [4.69, 9.17) is 9.47 Å². The Bertz CT molecular complexity index is 698. The fourth-order valence-electron chi connectivity index (χ4n) is 2.32. The first kappa shape index (κ1) is 14.6. The number of benzene rings is 2. The molecule has 0 fully saturated rings. The second-order valence-electron chi connectivity index (χ2n) is 4.74. The van der Waals surface area contributed by atoms with Crippen molar-refractivity contribution in [3.8, 4) is 11.5 Å². The first-order valence-corrected chi connectivity index (χ1v) is 8.07. The molecule has 1 aliphatic heterocycles. The molecule has 0 atom stereocenters. The minimum absolute atomic E-state index is 0.404. The molecule has 0 bridgehead atoms. The summed E-state index contributed by atoms with van der Waals surface area (Å²) in [5.74, 6) is 1.58. The largest absolute Gasteiger partial charge is 0.493 e. The van der Waals surface area contributed by atoms with Gasteiger partial charge in [-0.1, -0.05) is 31.9 Å². The lowest BCUT2D eigenvalue weighted by atomic mass is 10.1. The topological polar surface area (TPSA) is 35.5 Å². The number of halogens is 2. The van der Waals surface area contributed by atoms with E-state index < -0.39 is 0 Å². The summed E-state index contributed by atoms with van der Waals surface area (Å²) in [6.07, 6.45) is 1.73. The van der Waals surface area contributed by atoms with Crippen LogP contribution in [0.1, 0.15) is 21.5 Å². The molecule has 108 valence electrons. The number of hydrogen-bond acceptors (Lipinski definition) is 3. The van der Waals surface area contributed by atoms with Crippen LogP contribution < -0.4 is 9.47 Å². The highest BCUT2D eigenvalue weighted by Gasteiger charge is 2.17. The van der Waals surface area contributed by atoms with E-state index in [0.717, 1.165) is 33.0 Å². The summed E-state index contributed by atoms with van der Waals surface area (Å²) in [6, 6.07) is 9.44. The lowest BCUT2D eigenvalue weighted by Gasteiger charge is -2.11. The molecule has 0 unspecified atom stereocenters. The highest BCUT2D eigenvalue weighted by molar-refractivity contribution is 9.10. The Morgan fingerprint density at radius 2 is 2.10 bits per heavy atom. The molecule has 3 nitrogen and oxygen atoms in total. The average molecular weight is 412 g/mol. The maximum absolute atomic E-state index is 10.9. The molecular weight excluding hydrogens is 400 g/mol. The van der Waals surface area contributed by atoms with Crippen LogP contribution in [-0.4, -0.2) is 12.9 Å². The van der Waals surface area contributed by atoms with Gasteiger partial charge in [-0.3, -0.25) is 4.79 Å². The fourth-order valence-corrected chi connectivity index (χ4v) is 3.21. The number of aldehydes is 1. The second kappa shape index (κ2) is 6.20. The monoisotopic (exact) mass is 410 g/mol. The molecule has 2 aromatic rings. The Kier molecular flexibility index (Phi) is 4.31. The van der Waals surface area contributed by atoms with Crippen molar-refractivity contribution in [1.29, 1.82) is 0 Å². The Hall–Kier alpha value is -1.33. The summed E-state index contributed by atoms with van der Waals surface area (Å²) in [6.45, 7) is 1.12. The predicted molar refractivity (Wildman–Crippen MR) is 87.2 cm³/mol. The summed E-state index contributed by atoms with van der Waals surface area (Å²) in [5, 5.41) is 0. The van der Waals surface area contributed by atoms with Crippen molar-refractivity contribution in [2.75, 3.05) is 6.61 Å². The molecule has 1 heterocycles. The smallest absolute Gasteiger partial charge is 0.151 e. The molecule has 0 amide bonds. The first-order valence-electron chi connectivity index (χ1n) is 6.49. The van der Waals surface area contributed by atoms with Gasteiger partial charge in [-0.05, 0) is 35.9 Å². The van der Waals surface area contributed by atoms with Crippen LogP contribution in [0.4, 0.5) is 0 Å². The Morgan fingerprint density at radius 3 is 2.90 bits per heavy atom. The Morgan fingerprint density at radius 1 is 1.24 bits per heavy atom. The molecule has 0 saturated heterocycles. The normalized spacial score (nSPS) is 12.7. The molecule has 21 heavy (non-hydrogen) atoms. The number of carbonyl (C=O) groups excluding carboxylic acids is 1. The van der Waals surface area contributed by atoms with Gasteiger partial charge >= 0.3 is 0 Å². The van der Waals surface area contributed by atoms with Crippen molar-refractivity contribution in [2.45, 2.75) is 13.0 Å². The molecule has 1 aliphatic rings. The van der Waals surface area contributed by atoms with E-state index in [1.165, 1.54) is 5.56 Å². The average Bonchev–Trinajstić information content (AvgIpc) is 2.94. The van der Waals surface area contributed by atoms with Crippen LogP contribution in [0, 0.1) is 0 Å². The number of fused-ring (bicyclic) bond motifs is 1. The highest BCUT2D eigenvalue weighted by Crippen LogP contribution is 2.33. The van der Waals surface area contributed by atoms with Crippen molar-refractivity contribution in [3.63, 3.8) is 0 Å². The van der Waals surface area contributed by atoms with Gasteiger partial charge < -0.3 is 9.47 Å².